The monoisotopic (exact) mass is 311 g/mol. The van der Waals surface area contributed by atoms with Gasteiger partial charge in [0.15, 0.2) is 0 Å². The second-order valence-corrected chi connectivity index (χ2v) is 6.15. The lowest BCUT2D eigenvalue weighted by Crippen LogP contribution is -2.50. The van der Waals surface area contributed by atoms with Crippen molar-refractivity contribution in [3.8, 4) is 0 Å². The molecular formula is C15H25N3O4. The molecule has 0 spiro atoms. The molecule has 2 fully saturated rings. The summed E-state index contributed by atoms with van der Waals surface area (Å²) in [6.07, 6.45) is 3.19. The van der Waals surface area contributed by atoms with Crippen LogP contribution in [0.1, 0.15) is 32.6 Å². The van der Waals surface area contributed by atoms with Crippen LogP contribution in [0.15, 0.2) is 0 Å². The lowest BCUT2D eigenvalue weighted by atomic mass is 9.96. The second-order valence-electron chi connectivity index (χ2n) is 6.15. The van der Waals surface area contributed by atoms with E-state index in [4.69, 9.17) is 0 Å². The first kappa shape index (κ1) is 16.6. The van der Waals surface area contributed by atoms with Crippen molar-refractivity contribution >= 4 is 17.9 Å². The van der Waals surface area contributed by atoms with E-state index in [-0.39, 0.29) is 17.7 Å². The minimum absolute atomic E-state index is 0.0918. The molecule has 2 aliphatic rings. The molecule has 1 aliphatic heterocycles. The van der Waals surface area contributed by atoms with E-state index in [1.54, 1.807) is 11.8 Å². The zero-order valence-corrected chi connectivity index (χ0v) is 13.3. The highest BCUT2D eigenvalue weighted by atomic mass is 16.5. The zero-order valence-electron chi connectivity index (χ0n) is 13.3. The quantitative estimate of drug-likeness (QED) is 0.774. The van der Waals surface area contributed by atoms with E-state index in [1.807, 2.05) is 0 Å². The zero-order chi connectivity index (χ0) is 16.1. The number of alkyl carbamates (subject to hydrolysis) is 1. The van der Waals surface area contributed by atoms with E-state index < -0.39 is 12.1 Å². The number of carbonyl (C=O) groups is 3. The largest absolute Gasteiger partial charge is 0.453 e. The third kappa shape index (κ3) is 4.61. The van der Waals surface area contributed by atoms with Crippen molar-refractivity contribution in [1.82, 2.24) is 15.5 Å². The Morgan fingerprint density at radius 2 is 1.82 bits per heavy atom. The summed E-state index contributed by atoms with van der Waals surface area (Å²) < 4.78 is 4.49. The average molecular weight is 311 g/mol. The number of hydrogen-bond donors (Lipinski definition) is 2. The first-order valence-electron chi connectivity index (χ1n) is 7.92. The standard InChI is InChI=1S/C15H25N3O4/c1-10(17-15(21)22-2)14(20)18-7-5-11(6-8-18)9-16-13(19)12-3-4-12/h10-12H,3-9H2,1-2H3,(H,16,19)(H,17,21). The molecule has 0 bridgehead atoms. The van der Waals surface area contributed by atoms with Crippen molar-refractivity contribution in [2.45, 2.75) is 38.6 Å². The number of amides is 3. The molecule has 0 aromatic carbocycles. The Labute approximate surface area is 130 Å². The number of piperidine rings is 1. The van der Waals surface area contributed by atoms with Gasteiger partial charge in [-0.3, -0.25) is 9.59 Å². The topological polar surface area (TPSA) is 87.7 Å². The van der Waals surface area contributed by atoms with Crippen molar-refractivity contribution in [2.75, 3.05) is 26.7 Å². The van der Waals surface area contributed by atoms with Gasteiger partial charge in [0.05, 0.1) is 7.11 Å². The van der Waals surface area contributed by atoms with Crippen LogP contribution in [0.3, 0.4) is 0 Å². The first-order chi connectivity index (χ1) is 10.5. The van der Waals surface area contributed by atoms with E-state index in [9.17, 15) is 14.4 Å². The van der Waals surface area contributed by atoms with Gasteiger partial charge in [0.1, 0.15) is 6.04 Å². The van der Waals surface area contributed by atoms with Crippen LogP contribution in [0.2, 0.25) is 0 Å². The highest BCUT2D eigenvalue weighted by molar-refractivity contribution is 5.85. The fourth-order valence-corrected chi connectivity index (χ4v) is 2.66. The van der Waals surface area contributed by atoms with Crippen LogP contribution >= 0.6 is 0 Å². The SMILES string of the molecule is COC(=O)NC(C)C(=O)N1CCC(CNC(=O)C2CC2)CC1. The number of ether oxygens (including phenoxy) is 1. The Bertz CT molecular complexity index is 429. The second kappa shape index (κ2) is 7.47. The summed E-state index contributed by atoms with van der Waals surface area (Å²) in [5.41, 5.74) is 0. The Morgan fingerprint density at radius 1 is 1.18 bits per heavy atom. The fourth-order valence-electron chi connectivity index (χ4n) is 2.66. The number of methoxy groups -OCH3 is 1. The van der Waals surface area contributed by atoms with Gasteiger partial charge >= 0.3 is 6.09 Å². The van der Waals surface area contributed by atoms with Gasteiger partial charge in [0.2, 0.25) is 11.8 Å². The molecule has 124 valence electrons. The Morgan fingerprint density at radius 3 is 2.36 bits per heavy atom. The molecule has 3 amide bonds. The van der Waals surface area contributed by atoms with E-state index in [0.29, 0.717) is 25.6 Å². The predicted octanol–water partition coefficient (Wildman–Crippen LogP) is 0.496. The van der Waals surface area contributed by atoms with Crippen molar-refractivity contribution in [3.05, 3.63) is 0 Å². The molecule has 1 atom stereocenters. The Hall–Kier alpha value is -1.79. The van der Waals surface area contributed by atoms with Crippen molar-refractivity contribution in [3.63, 3.8) is 0 Å². The first-order valence-corrected chi connectivity index (χ1v) is 7.92. The summed E-state index contributed by atoms with van der Waals surface area (Å²) in [7, 11) is 1.27. The number of hydrogen-bond acceptors (Lipinski definition) is 4. The minimum atomic E-state index is -0.599. The van der Waals surface area contributed by atoms with Crippen molar-refractivity contribution in [1.29, 1.82) is 0 Å². The molecule has 2 N–H and O–H groups in total. The number of nitrogens with one attached hydrogen (secondary N) is 2. The normalized spacial score (nSPS) is 20.2. The summed E-state index contributed by atoms with van der Waals surface area (Å²) in [5.74, 6) is 0.753. The van der Waals surface area contributed by atoms with Crippen LogP contribution in [0.5, 0.6) is 0 Å². The summed E-state index contributed by atoms with van der Waals surface area (Å²) in [6, 6.07) is -0.585. The summed E-state index contributed by atoms with van der Waals surface area (Å²) >= 11 is 0. The highest BCUT2D eigenvalue weighted by Gasteiger charge is 2.31. The lowest BCUT2D eigenvalue weighted by Gasteiger charge is -2.33. The van der Waals surface area contributed by atoms with E-state index in [2.05, 4.69) is 15.4 Å². The third-order valence-corrected chi connectivity index (χ3v) is 4.33. The molecule has 7 nitrogen and oxygen atoms in total. The van der Waals surface area contributed by atoms with Gasteiger partial charge in [-0.25, -0.2) is 4.79 Å². The van der Waals surface area contributed by atoms with E-state index >= 15 is 0 Å². The summed E-state index contributed by atoms with van der Waals surface area (Å²) in [6.45, 7) is 3.68. The molecule has 1 unspecified atom stereocenters. The average Bonchev–Trinajstić information content (AvgIpc) is 3.37. The molecule has 7 heteroatoms. The number of likely N-dealkylation sites (tertiary alicyclic amines) is 1. The molecule has 0 aromatic rings. The molecule has 0 aromatic heterocycles. The molecule has 0 radical (unpaired) electrons. The van der Waals surface area contributed by atoms with Crippen LogP contribution in [-0.2, 0) is 14.3 Å². The van der Waals surface area contributed by atoms with Crippen LogP contribution in [0.25, 0.3) is 0 Å². The molecule has 22 heavy (non-hydrogen) atoms. The number of rotatable bonds is 5. The number of carbonyl (C=O) groups excluding carboxylic acids is 3. The third-order valence-electron chi connectivity index (χ3n) is 4.33. The Kier molecular flexibility index (Phi) is 5.63. The summed E-state index contributed by atoms with van der Waals surface area (Å²) in [5, 5.41) is 5.49. The smallest absolute Gasteiger partial charge is 0.407 e. The molecule has 2 rings (SSSR count). The maximum absolute atomic E-state index is 12.2. The molecule has 1 saturated heterocycles. The maximum Gasteiger partial charge on any atom is 0.407 e. The minimum Gasteiger partial charge on any atom is -0.453 e. The summed E-state index contributed by atoms with van der Waals surface area (Å²) in [4.78, 5) is 36.7. The maximum atomic E-state index is 12.2. The van der Waals surface area contributed by atoms with Crippen LogP contribution in [0.4, 0.5) is 4.79 Å². The number of nitrogens with zero attached hydrogens (tertiary/aromatic N) is 1. The van der Waals surface area contributed by atoms with Gasteiger partial charge in [0, 0.05) is 25.6 Å². The van der Waals surface area contributed by atoms with Crippen LogP contribution in [-0.4, -0.2) is 55.6 Å². The van der Waals surface area contributed by atoms with E-state index in [1.165, 1.54) is 7.11 Å². The molecular weight excluding hydrogens is 286 g/mol. The lowest BCUT2D eigenvalue weighted by molar-refractivity contribution is -0.134. The van der Waals surface area contributed by atoms with E-state index in [0.717, 1.165) is 25.7 Å². The van der Waals surface area contributed by atoms with Gasteiger partial charge < -0.3 is 20.3 Å². The van der Waals surface area contributed by atoms with Crippen molar-refractivity contribution in [2.24, 2.45) is 11.8 Å². The molecule has 1 heterocycles. The van der Waals surface area contributed by atoms with Crippen LogP contribution < -0.4 is 10.6 Å². The van der Waals surface area contributed by atoms with Crippen molar-refractivity contribution < 1.29 is 19.1 Å². The van der Waals surface area contributed by atoms with Gasteiger partial charge in [-0.1, -0.05) is 0 Å². The van der Waals surface area contributed by atoms with Gasteiger partial charge in [-0.15, -0.1) is 0 Å². The fraction of sp³-hybridized carbons (Fsp3) is 0.800. The Balaban J connectivity index is 1.68. The molecule has 1 aliphatic carbocycles. The molecule has 1 saturated carbocycles. The van der Waals surface area contributed by atoms with Gasteiger partial charge in [-0.2, -0.15) is 0 Å². The van der Waals surface area contributed by atoms with Gasteiger partial charge in [-0.05, 0) is 38.5 Å². The highest BCUT2D eigenvalue weighted by Crippen LogP contribution is 2.29. The predicted molar refractivity (Wildman–Crippen MR) is 80.0 cm³/mol. The van der Waals surface area contributed by atoms with Gasteiger partial charge in [0.25, 0.3) is 0 Å². The van der Waals surface area contributed by atoms with Crippen LogP contribution in [0, 0.1) is 11.8 Å².